The second kappa shape index (κ2) is 16.9. The van der Waals surface area contributed by atoms with Crippen LogP contribution in [0.25, 0.3) is 99.5 Å². The zero-order chi connectivity index (χ0) is 49.9. The maximum absolute atomic E-state index is 17.2. The SMILES string of the molecule is Cc1cc(C)c(-c2ccc3c(c2)c2ccc(-c4c(C)cc(C)cc4C)cc2n3-c2cc(F)cc(-n3c4ccc(-c5c(C)cc(C)cc5C)cc4c4ccc(-c5c(C)cc(C)cc5C)cc43)c2C#N)c(C)c1. The monoisotopic (exact) mass is 923 g/mol. The second-order valence-corrected chi connectivity index (χ2v) is 20.6. The van der Waals surface area contributed by atoms with Crippen LogP contribution in [0.2, 0.25) is 0 Å². The van der Waals surface area contributed by atoms with Crippen molar-refractivity contribution in [3.8, 4) is 62.0 Å². The molecule has 0 atom stereocenters. The summed E-state index contributed by atoms with van der Waals surface area (Å²) in [6.45, 7) is 26.0. The molecule has 11 aromatic rings. The number of aryl methyl sites for hydroxylation is 12. The molecule has 4 heteroatoms. The van der Waals surface area contributed by atoms with Gasteiger partial charge in [-0.1, -0.05) is 107 Å². The van der Waals surface area contributed by atoms with E-state index < -0.39 is 5.82 Å². The lowest BCUT2D eigenvalue weighted by atomic mass is 9.92. The quantitative estimate of drug-likeness (QED) is 0.164. The van der Waals surface area contributed by atoms with E-state index in [0.717, 1.165) is 65.9 Å². The predicted octanol–water partition coefficient (Wildman–Crippen LogP) is 18.3. The zero-order valence-electron chi connectivity index (χ0n) is 42.9. The van der Waals surface area contributed by atoms with Crippen LogP contribution >= 0.6 is 0 Å². The van der Waals surface area contributed by atoms with Crippen LogP contribution in [0.5, 0.6) is 0 Å². The third kappa shape index (κ3) is 7.37. The van der Waals surface area contributed by atoms with Crippen LogP contribution in [0.15, 0.2) is 133 Å². The van der Waals surface area contributed by atoms with E-state index in [4.69, 9.17) is 0 Å². The first-order valence-electron chi connectivity index (χ1n) is 24.7. The molecule has 0 N–H and O–H groups in total. The highest BCUT2D eigenvalue weighted by Crippen LogP contribution is 2.44. The van der Waals surface area contributed by atoms with E-state index in [0.29, 0.717) is 16.9 Å². The van der Waals surface area contributed by atoms with Gasteiger partial charge in [0.2, 0.25) is 0 Å². The highest BCUT2D eigenvalue weighted by atomic mass is 19.1. The standard InChI is InChI=1S/C67H58FN3/c1-36-21-40(5)64(41(6)22-36)48-15-19-58-55(29-48)53-17-13-50(66-44(9)25-38(3)26-45(66)10)31-60(53)70(58)62-33-52(68)34-63(57(62)35-69)71-59-20-16-49(65-42(7)23-37(2)24-43(65)8)30-56(59)54-18-14-51(32-61(54)71)67-46(11)27-39(4)28-47(67)12/h13-34H,1-12H3. The molecule has 0 saturated carbocycles. The largest absolute Gasteiger partial charge is 0.308 e. The third-order valence-electron chi connectivity index (χ3n) is 15.1. The first-order valence-corrected chi connectivity index (χ1v) is 24.7. The van der Waals surface area contributed by atoms with Gasteiger partial charge in [-0.3, -0.25) is 0 Å². The van der Waals surface area contributed by atoms with Gasteiger partial charge in [0, 0.05) is 21.5 Å². The molecule has 3 nitrogen and oxygen atoms in total. The van der Waals surface area contributed by atoms with E-state index in [-0.39, 0.29) is 0 Å². The van der Waals surface area contributed by atoms with Crippen molar-refractivity contribution in [1.29, 1.82) is 5.26 Å². The number of halogens is 1. The molecule has 0 saturated heterocycles. The average Bonchev–Trinajstić information content (AvgIpc) is 3.78. The maximum Gasteiger partial charge on any atom is 0.127 e. The smallest absolute Gasteiger partial charge is 0.127 e. The van der Waals surface area contributed by atoms with Crippen molar-refractivity contribution in [2.75, 3.05) is 0 Å². The minimum Gasteiger partial charge on any atom is -0.308 e. The van der Waals surface area contributed by atoms with Gasteiger partial charge in [0.1, 0.15) is 17.4 Å². The number of aromatic nitrogens is 2. The Morgan fingerprint density at radius 1 is 0.324 bits per heavy atom. The topological polar surface area (TPSA) is 33.6 Å². The molecular formula is C67H58FN3. The minimum atomic E-state index is -0.424. The van der Waals surface area contributed by atoms with Crippen molar-refractivity contribution in [3.63, 3.8) is 0 Å². The highest BCUT2D eigenvalue weighted by Gasteiger charge is 2.25. The zero-order valence-corrected chi connectivity index (χ0v) is 42.9. The summed E-state index contributed by atoms with van der Waals surface area (Å²) in [5.41, 5.74) is 28.7. The molecular weight excluding hydrogens is 866 g/mol. The molecule has 9 aromatic carbocycles. The molecule has 11 rings (SSSR count). The molecule has 2 heterocycles. The summed E-state index contributed by atoms with van der Waals surface area (Å²) in [6, 6.07) is 50.3. The summed E-state index contributed by atoms with van der Waals surface area (Å²) in [4.78, 5) is 0. The number of nitriles is 1. The molecule has 2 aromatic heterocycles. The van der Waals surface area contributed by atoms with Gasteiger partial charge in [0.25, 0.3) is 0 Å². The Morgan fingerprint density at radius 2 is 0.606 bits per heavy atom. The lowest BCUT2D eigenvalue weighted by Gasteiger charge is -2.18. The molecule has 0 fully saturated rings. The lowest BCUT2D eigenvalue weighted by Crippen LogP contribution is -2.06. The number of benzene rings is 9. The minimum absolute atomic E-state index is 0.383. The van der Waals surface area contributed by atoms with Crippen molar-refractivity contribution < 1.29 is 4.39 Å². The number of rotatable bonds is 6. The van der Waals surface area contributed by atoms with Crippen LogP contribution in [-0.4, -0.2) is 9.13 Å². The molecule has 0 bridgehead atoms. The normalized spacial score (nSPS) is 11.7. The molecule has 0 aliphatic rings. The Bertz CT molecular complexity index is 3790. The summed E-state index contributed by atoms with van der Waals surface area (Å²) >= 11 is 0. The van der Waals surface area contributed by atoms with Gasteiger partial charge >= 0.3 is 0 Å². The molecule has 0 spiro atoms. The fraction of sp³-hybridized carbons (Fsp3) is 0.179. The summed E-state index contributed by atoms with van der Waals surface area (Å²) in [5.74, 6) is -0.424. The average molecular weight is 924 g/mol. The Balaban J connectivity index is 1.23. The van der Waals surface area contributed by atoms with Gasteiger partial charge in [0.05, 0.1) is 33.4 Å². The molecule has 0 aliphatic carbocycles. The van der Waals surface area contributed by atoms with E-state index in [1.165, 1.54) is 89.0 Å². The fourth-order valence-corrected chi connectivity index (χ4v) is 12.8. The Labute approximate surface area is 417 Å². The summed E-state index contributed by atoms with van der Waals surface area (Å²) in [5, 5.41) is 15.8. The summed E-state index contributed by atoms with van der Waals surface area (Å²) < 4.78 is 21.5. The Morgan fingerprint density at radius 3 is 0.901 bits per heavy atom. The van der Waals surface area contributed by atoms with E-state index >= 15 is 4.39 Å². The number of hydrogen-bond acceptors (Lipinski definition) is 1. The molecule has 348 valence electrons. The molecule has 71 heavy (non-hydrogen) atoms. The van der Waals surface area contributed by atoms with Gasteiger partial charge in [0.15, 0.2) is 0 Å². The van der Waals surface area contributed by atoms with Crippen LogP contribution in [0.1, 0.15) is 72.3 Å². The molecule has 0 aliphatic heterocycles. The second-order valence-electron chi connectivity index (χ2n) is 20.6. The summed E-state index contributed by atoms with van der Waals surface area (Å²) in [7, 11) is 0. The Hall–Kier alpha value is -8.00. The molecule has 0 unspecified atom stereocenters. The lowest BCUT2D eigenvalue weighted by molar-refractivity contribution is 0.626. The maximum atomic E-state index is 17.2. The van der Waals surface area contributed by atoms with Gasteiger partial charge in [-0.25, -0.2) is 4.39 Å². The number of hydrogen-bond donors (Lipinski definition) is 0. The molecule has 0 radical (unpaired) electrons. The van der Waals surface area contributed by atoms with Crippen molar-refractivity contribution in [2.45, 2.75) is 83.1 Å². The van der Waals surface area contributed by atoms with Crippen LogP contribution in [0.4, 0.5) is 4.39 Å². The number of nitrogens with zero attached hydrogens (tertiary/aromatic N) is 3. The summed E-state index contributed by atoms with van der Waals surface area (Å²) in [6.07, 6.45) is 0. The van der Waals surface area contributed by atoms with Gasteiger partial charge < -0.3 is 9.13 Å². The van der Waals surface area contributed by atoms with Crippen LogP contribution in [-0.2, 0) is 0 Å². The fourth-order valence-electron chi connectivity index (χ4n) is 12.8. The van der Waals surface area contributed by atoms with E-state index in [1.54, 1.807) is 12.1 Å². The van der Waals surface area contributed by atoms with Crippen LogP contribution in [0, 0.1) is 100 Å². The van der Waals surface area contributed by atoms with E-state index in [1.807, 2.05) is 0 Å². The van der Waals surface area contributed by atoms with Crippen molar-refractivity contribution in [2.24, 2.45) is 0 Å². The van der Waals surface area contributed by atoms with Crippen molar-refractivity contribution >= 4 is 43.6 Å². The van der Waals surface area contributed by atoms with E-state index in [9.17, 15) is 5.26 Å². The molecule has 0 amide bonds. The highest BCUT2D eigenvalue weighted by molar-refractivity contribution is 6.13. The van der Waals surface area contributed by atoms with E-state index in [2.05, 4.69) is 220 Å². The Kier molecular flexibility index (Phi) is 10.8. The third-order valence-corrected chi connectivity index (χ3v) is 15.1. The van der Waals surface area contributed by atoms with Gasteiger partial charge in [-0.05, 0) is 221 Å². The van der Waals surface area contributed by atoms with Gasteiger partial charge in [-0.15, -0.1) is 0 Å². The van der Waals surface area contributed by atoms with Crippen molar-refractivity contribution in [3.05, 3.63) is 212 Å². The first kappa shape index (κ1) is 45.4. The van der Waals surface area contributed by atoms with Crippen LogP contribution in [0.3, 0.4) is 0 Å². The first-order chi connectivity index (χ1) is 34.0. The number of fused-ring (bicyclic) bond motifs is 6. The predicted molar refractivity (Wildman–Crippen MR) is 298 cm³/mol. The van der Waals surface area contributed by atoms with Gasteiger partial charge in [-0.2, -0.15) is 5.26 Å². The van der Waals surface area contributed by atoms with Crippen LogP contribution < -0.4 is 0 Å². The van der Waals surface area contributed by atoms with Crippen molar-refractivity contribution in [1.82, 2.24) is 9.13 Å².